The predicted molar refractivity (Wildman–Crippen MR) is 77.6 cm³/mol. The van der Waals surface area contributed by atoms with Crippen molar-refractivity contribution < 1.29 is 0 Å². The molecule has 4 heteroatoms. The Kier molecular flexibility index (Phi) is 3.99. The lowest BCUT2D eigenvalue weighted by Gasteiger charge is -2.11. The molecule has 4 nitrogen and oxygen atoms in total. The van der Waals surface area contributed by atoms with Crippen LogP contribution in [0.2, 0.25) is 0 Å². The van der Waals surface area contributed by atoms with Gasteiger partial charge in [0.15, 0.2) is 0 Å². The Balaban J connectivity index is 2.29. The average Bonchev–Trinajstić information content (AvgIpc) is 2.40. The van der Waals surface area contributed by atoms with Gasteiger partial charge >= 0.3 is 0 Å². The molecule has 0 fully saturated rings. The number of nitrogens with zero attached hydrogens (tertiary/aromatic N) is 2. The molecule has 0 bridgehead atoms. The monoisotopic (exact) mass is 252 g/mol. The van der Waals surface area contributed by atoms with E-state index >= 15 is 0 Å². The summed E-state index contributed by atoms with van der Waals surface area (Å²) >= 11 is 0. The third-order valence-electron chi connectivity index (χ3n) is 2.78. The van der Waals surface area contributed by atoms with Gasteiger partial charge in [0, 0.05) is 24.5 Å². The number of benzene rings is 1. The summed E-state index contributed by atoms with van der Waals surface area (Å²) in [6.07, 6.45) is 1.74. The van der Waals surface area contributed by atoms with Crippen LogP contribution in [0.1, 0.15) is 18.1 Å². The number of nitrogens with one attached hydrogen (secondary N) is 2. The van der Waals surface area contributed by atoms with Gasteiger partial charge in [-0.3, -0.25) is 0 Å². The minimum atomic E-state index is 0.671. The van der Waals surface area contributed by atoms with Gasteiger partial charge < -0.3 is 10.6 Å². The van der Waals surface area contributed by atoms with E-state index in [4.69, 9.17) is 0 Å². The number of anilines is 3. The first-order valence-electron chi connectivity index (χ1n) is 6.21. The Morgan fingerprint density at radius 3 is 2.89 bits per heavy atom. The number of aromatic nitrogens is 1. The predicted octanol–water partition coefficient (Wildman–Crippen LogP) is 3.44. The van der Waals surface area contributed by atoms with E-state index in [1.165, 1.54) is 0 Å². The lowest BCUT2D eigenvalue weighted by molar-refractivity contribution is 1.16. The molecule has 1 aromatic carbocycles. The molecule has 2 rings (SSSR count). The third kappa shape index (κ3) is 3.02. The highest BCUT2D eigenvalue weighted by atomic mass is 15.0. The van der Waals surface area contributed by atoms with Crippen molar-refractivity contribution in [3.63, 3.8) is 0 Å². The summed E-state index contributed by atoms with van der Waals surface area (Å²) in [5, 5.41) is 15.6. The molecule has 2 aromatic rings. The Bertz CT molecular complexity index is 614. The van der Waals surface area contributed by atoms with Crippen LogP contribution in [0, 0.1) is 18.3 Å². The van der Waals surface area contributed by atoms with E-state index in [1.807, 2.05) is 44.2 Å². The molecule has 0 aliphatic heterocycles. The van der Waals surface area contributed by atoms with Crippen molar-refractivity contribution in [1.82, 2.24) is 4.98 Å². The van der Waals surface area contributed by atoms with Crippen LogP contribution in [0.3, 0.4) is 0 Å². The highest BCUT2D eigenvalue weighted by molar-refractivity contribution is 5.69. The largest absolute Gasteiger partial charge is 0.370 e. The van der Waals surface area contributed by atoms with E-state index in [0.717, 1.165) is 29.3 Å². The molecular formula is C15H16N4. The maximum atomic E-state index is 9.20. The molecule has 1 aromatic heterocycles. The summed E-state index contributed by atoms with van der Waals surface area (Å²) in [5.74, 6) is 0.818. The van der Waals surface area contributed by atoms with Crippen LogP contribution >= 0.6 is 0 Å². The van der Waals surface area contributed by atoms with E-state index in [1.54, 1.807) is 6.20 Å². The van der Waals surface area contributed by atoms with Crippen molar-refractivity contribution in [2.45, 2.75) is 13.8 Å². The summed E-state index contributed by atoms with van der Waals surface area (Å²) in [7, 11) is 0. The Labute approximate surface area is 113 Å². The van der Waals surface area contributed by atoms with Gasteiger partial charge in [0.2, 0.25) is 0 Å². The lowest BCUT2D eigenvalue weighted by Crippen LogP contribution is -2.00. The molecule has 0 unspecified atom stereocenters. The summed E-state index contributed by atoms with van der Waals surface area (Å²) in [5.41, 5.74) is 3.36. The highest BCUT2D eigenvalue weighted by Gasteiger charge is 2.05. The molecule has 0 saturated heterocycles. The van der Waals surface area contributed by atoms with E-state index in [9.17, 15) is 5.26 Å². The topological polar surface area (TPSA) is 60.7 Å². The highest BCUT2D eigenvalue weighted by Crippen LogP contribution is 2.23. The second-order valence-electron chi connectivity index (χ2n) is 4.19. The molecule has 2 N–H and O–H groups in total. The third-order valence-corrected chi connectivity index (χ3v) is 2.78. The number of nitriles is 1. The molecule has 0 radical (unpaired) electrons. The molecule has 0 aliphatic carbocycles. The van der Waals surface area contributed by atoms with E-state index in [-0.39, 0.29) is 0 Å². The van der Waals surface area contributed by atoms with Crippen LogP contribution in [0.15, 0.2) is 36.5 Å². The molecule has 0 saturated carbocycles. The first-order valence-corrected chi connectivity index (χ1v) is 6.21. The molecule has 0 spiro atoms. The minimum absolute atomic E-state index is 0.671. The van der Waals surface area contributed by atoms with E-state index in [0.29, 0.717) is 5.56 Å². The zero-order valence-corrected chi connectivity index (χ0v) is 11.1. The number of hydrogen-bond donors (Lipinski definition) is 2. The first-order chi connectivity index (χ1) is 9.24. The van der Waals surface area contributed by atoms with Gasteiger partial charge in [0.1, 0.15) is 11.9 Å². The molecule has 1 heterocycles. The summed E-state index contributed by atoms with van der Waals surface area (Å²) in [6, 6.07) is 11.8. The molecule has 0 aliphatic rings. The zero-order valence-electron chi connectivity index (χ0n) is 11.1. The van der Waals surface area contributed by atoms with Crippen molar-refractivity contribution in [3.05, 3.63) is 47.7 Å². The number of pyridine rings is 1. The van der Waals surface area contributed by atoms with Gasteiger partial charge in [-0.1, -0.05) is 12.1 Å². The second kappa shape index (κ2) is 5.87. The lowest BCUT2D eigenvalue weighted by atomic mass is 10.1. The SMILES string of the molecule is CCNc1cc(Nc2cccc(C)c2C#N)ccn1. The van der Waals surface area contributed by atoms with E-state index < -0.39 is 0 Å². The molecule has 19 heavy (non-hydrogen) atoms. The Morgan fingerprint density at radius 2 is 2.16 bits per heavy atom. The fourth-order valence-electron chi connectivity index (χ4n) is 1.86. The van der Waals surface area contributed by atoms with Crippen LogP contribution in [0.5, 0.6) is 0 Å². The smallest absolute Gasteiger partial charge is 0.127 e. The van der Waals surface area contributed by atoms with Crippen LogP contribution in [0.25, 0.3) is 0 Å². The first kappa shape index (κ1) is 12.9. The standard InChI is InChI=1S/C15H16N4/c1-3-17-15-9-12(7-8-18-15)19-14-6-4-5-11(2)13(14)10-16/h4-9H,3H2,1-2H3,(H2,17,18,19). The molecule has 0 atom stereocenters. The van der Waals surface area contributed by atoms with Gasteiger partial charge in [-0.05, 0) is 31.5 Å². The van der Waals surface area contributed by atoms with Crippen LogP contribution in [-0.4, -0.2) is 11.5 Å². The second-order valence-corrected chi connectivity index (χ2v) is 4.19. The van der Waals surface area contributed by atoms with Gasteiger partial charge in [0.05, 0.1) is 11.3 Å². The summed E-state index contributed by atoms with van der Waals surface area (Å²) in [4.78, 5) is 4.21. The Hall–Kier alpha value is -2.54. The van der Waals surface area contributed by atoms with E-state index in [2.05, 4.69) is 21.7 Å². The number of rotatable bonds is 4. The normalized spacial score (nSPS) is 9.74. The fourth-order valence-corrected chi connectivity index (χ4v) is 1.86. The van der Waals surface area contributed by atoms with Gasteiger partial charge in [-0.2, -0.15) is 5.26 Å². The van der Waals surface area contributed by atoms with Gasteiger partial charge in [-0.15, -0.1) is 0 Å². The van der Waals surface area contributed by atoms with Gasteiger partial charge in [-0.25, -0.2) is 4.98 Å². The number of hydrogen-bond acceptors (Lipinski definition) is 4. The maximum absolute atomic E-state index is 9.20. The van der Waals surface area contributed by atoms with Crippen molar-refractivity contribution >= 4 is 17.2 Å². The molecular weight excluding hydrogens is 236 g/mol. The van der Waals surface area contributed by atoms with Gasteiger partial charge in [0.25, 0.3) is 0 Å². The maximum Gasteiger partial charge on any atom is 0.127 e. The van der Waals surface area contributed by atoms with Crippen molar-refractivity contribution in [2.24, 2.45) is 0 Å². The zero-order chi connectivity index (χ0) is 13.7. The van der Waals surface area contributed by atoms with Crippen LogP contribution < -0.4 is 10.6 Å². The van der Waals surface area contributed by atoms with Crippen LogP contribution in [0.4, 0.5) is 17.2 Å². The quantitative estimate of drug-likeness (QED) is 0.875. The van der Waals surface area contributed by atoms with Crippen molar-refractivity contribution in [1.29, 1.82) is 5.26 Å². The fraction of sp³-hybridized carbons (Fsp3) is 0.200. The molecule has 0 amide bonds. The van der Waals surface area contributed by atoms with Crippen molar-refractivity contribution in [2.75, 3.05) is 17.2 Å². The minimum Gasteiger partial charge on any atom is -0.370 e. The molecule has 96 valence electrons. The average molecular weight is 252 g/mol. The summed E-state index contributed by atoms with van der Waals surface area (Å²) < 4.78 is 0. The van der Waals surface area contributed by atoms with Crippen LogP contribution in [-0.2, 0) is 0 Å². The Morgan fingerprint density at radius 1 is 1.32 bits per heavy atom. The summed E-state index contributed by atoms with van der Waals surface area (Å²) in [6.45, 7) is 4.78. The van der Waals surface area contributed by atoms with Crippen molar-refractivity contribution in [3.8, 4) is 6.07 Å². The number of aryl methyl sites for hydroxylation is 1.